The normalized spacial score (nSPS) is 25.4. The van der Waals surface area contributed by atoms with Crippen molar-refractivity contribution in [3.63, 3.8) is 0 Å². The Labute approximate surface area is 153 Å². The van der Waals surface area contributed by atoms with Crippen LogP contribution in [0.5, 0.6) is 0 Å². The van der Waals surface area contributed by atoms with E-state index in [1.807, 2.05) is 0 Å². The van der Waals surface area contributed by atoms with E-state index in [0.29, 0.717) is 25.0 Å². The van der Waals surface area contributed by atoms with Gasteiger partial charge in [0.1, 0.15) is 0 Å². The summed E-state index contributed by atoms with van der Waals surface area (Å²) in [4.78, 5) is 17.3. The van der Waals surface area contributed by atoms with Crippen LogP contribution in [0.3, 0.4) is 0 Å². The Morgan fingerprint density at radius 1 is 1.00 bits per heavy atom. The Morgan fingerprint density at radius 2 is 1.68 bits per heavy atom. The Hall–Kier alpha value is -0.650. The predicted octanol–water partition coefficient (Wildman–Crippen LogP) is 2.39. The topological polar surface area (TPSA) is 58.8 Å². The molecule has 0 bridgehead atoms. The summed E-state index contributed by atoms with van der Waals surface area (Å²) in [5.41, 5.74) is 6.13. The fourth-order valence-electron chi connectivity index (χ4n) is 4.81. The van der Waals surface area contributed by atoms with Crippen molar-refractivity contribution in [3.05, 3.63) is 0 Å². The molecule has 0 unspecified atom stereocenters. The number of ether oxygens (including phenoxy) is 1. The summed E-state index contributed by atoms with van der Waals surface area (Å²) < 4.78 is 6.06. The highest BCUT2D eigenvalue weighted by atomic mass is 16.5. The first-order valence-corrected chi connectivity index (χ1v) is 10.5. The van der Waals surface area contributed by atoms with E-state index in [9.17, 15) is 4.79 Å². The van der Waals surface area contributed by atoms with E-state index >= 15 is 0 Å². The van der Waals surface area contributed by atoms with Gasteiger partial charge in [0.05, 0.1) is 12.7 Å². The van der Waals surface area contributed by atoms with Crippen molar-refractivity contribution >= 4 is 5.91 Å². The van der Waals surface area contributed by atoms with E-state index in [2.05, 4.69) is 9.80 Å². The zero-order valence-electron chi connectivity index (χ0n) is 15.9. The van der Waals surface area contributed by atoms with Gasteiger partial charge in [0.15, 0.2) is 0 Å². The maximum atomic E-state index is 12.7. The molecule has 1 saturated carbocycles. The molecule has 0 atom stereocenters. The molecule has 5 heteroatoms. The fourth-order valence-corrected chi connectivity index (χ4v) is 4.81. The van der Waals surface area contributed by atoms with E-state index in [4.69, 9.17) is 10.5 Å². The lowest BCUT2D eigenvalue weighted by atomic mass is 9.71. The van der Waals surface area contributed by atoms with Gasteiger partial charge in [-0.25, -0.2) is 0 Å². The summed E-state index contributed by atoms with van der Waals surface area (Å²) >= 11 is 0. The van der Waals surface area contributed by atoms with Gasteiger partial charge in [-0.05, 0) is 63.6 Å². The number of likely N-dealkylation sites (tertiary alicyclic amines) is 2. The molecule has 3 fully saturated rings. The molecule has 2 aliphatic heterocycles. The smallest absolute Gasteiger partial charge is 0.223 e. The van der Waals surface area contributed by atoms with Crippen LogP contribution >= 0.6 is 0 Å². The second-order valence-electron chi connectivity index (χ2n) is 8.44. The van der Waals surface area contributed by atoms with Gasteiger partial charge in [-0.15, -0.1) is 0 Å². The van der Waals surface area contributed by atoms with Crippen LogP contribution in [-0.2, 0) is 9.53 Å². The second-order valence-corrected chi connectivity index (χ2v) is 8.44. The number of nitrogens with zero attached hydrogens (tertiary/aromatic N) is 2. The van der Waals surface area contributed by atoms with Gasteiger partial charge in [-0.1, -0.05) is 19.3 Å². The molecule has 0 aromatic rings. The van der Waals surface area contributed by atoms with Gasteiger partial charge in [0.25, 0.3) is 0 Å². The summed E-state index contributed by atoms with van der Waals surface area (Å²) in [7, 11) is 0. The molecule has 2 heterocycles. The van der Waals surface area contributed by atoms with Gasteiger partial charge in [0, 0.05) is 26.1 Å². The third-order valence-corrected chi connectivity index (χ3v) is 6.63. The molecule has 0 spiro atoms. The lowest BCUT2D eigenvalue weighted by Crippen LogP contribution is -2.45. The monoisotopic (exact) mass is 351 g/mol. The number of nitrogens with two attached hydrogens (primary N) is 1. The predicted molar refractivity (Wildman–Crippen MR) is 100 cm³/mol. The van der Waals surface area contributed by atoms with Crippen LogP contribution in [0.4, 0.5) is 0 Å². The highest BCUT2D eigenvalue weighted by Crippen LogP contribution is 2.39. The highest BCUT2D eigenvalue weighted by molar-refractivity contribution is 5.77. The van der Waals surface area contributed by atoms with Gasteiger partial charge in [-0.2, -0.15) is 0 Å². The number of carbonyl (C=O) groups is 1. The summed E-state index contributed by atoms with van der Waals surface area (Å²) in [6, 6.07) is 0. The van der Waals surface area contributed by atoms with Crippen LogP contribution in [0.25, 0.3) is 0 Å². The molecular weight excluding hydrogens is 314 g/mol. The lowest BCUT2D eigenvalue weighted by Gasteiger charge is -2.39. The third-order valence-electron chi connectivity index (χ3n) is 6.63. The van der Waals surface area contributed by atoms with Gasteiger partial charge >= 0.3 is 0 Å². The molecule has 0 radical (unpaired) electrons. The van der Waals surface area contributed by atoms with Crippen LogP contribution in [0.1, 0.15) is 64.2 Å². The molecule has 3 rings (SSSR count). The maximum absolute atomic E-state index is 12.7. The highest BCUT2D eigenvalue weighted by Gasteiger charge is 2.35. The minimum absolute atomic E-state index is 0.0818. The second kappa shape index (κ2) is 9.33. The van der Waals surface area contributed by atoms with Crippen LogP contribution in [-0.4, -0.2) is 67.7 Å². The molecule has 1 amide bonds. The van der Waals surface area contributed by atoms with Crippen molar-refractivity contribution in [3.8, 4) is 0 Å². The summed E-state index contributed by atoms with van der Waals surface area (Å²) in [6.07, 6.45) is 11.7. The molecule has 0 aromatic heterocycles. The SMILES string of the molecule is NCC1(CC(=O)N2CCC(OCCN3CCCC3)CC2)CCCCC1. The minimum Gasteiger partial charge on any atom is -0.377 e. The molecule has 25 heavy (non-hydrogen) atoms. The molecular formula is C20H37N3O2. The van der Waals surface area contributed by atoms with E-state index in [-0.39, 0.29) is 5.41 Å². The molecule has 1 aliphatic carbocycles. The zero-order chi connectivity index (χ0) is 17.5. The van der Waals surface area contributed by atoms with Crippen molar-refractivity contribution in [2.24, 2.45) is 11.1 Å². The summed E-state index contributed by atoms with van der Waals surface area (Å²) in [5, 5.41) is 0. The van der Waals surface area contributed by atoms with E-state index < -0.39 is 0 Å². The van der Waals surface area contributed by atoms with Crippen LogP contribution < -0.4 is 5.73 Å². The van der Waals surface area contributed by atoms with Crippen molar-refractivity contribution < 1.29 is 9.53 Å². The Bertz CT molecular complexity index is 409. The van der Waals surface area contributed by atoms with E-state index in [1.165, 1.54) is 45.2 Å². The number of rotatable bonds is 7. The summed E-state index contributed by atoms with van der Waals surface area (Å²) in [5.74, 6) is 0.322. The first-order chi connectivity index (χ1) is 12.2. The van der Waals surface area contributed by atoms with E-state index in [0.717, 1.165) is 51.9 Å². The van der Waals surface area contributed by atoms with Crippen molar-refractivity contribution in [2.75, 3.05) is 45.9 Å². The Kier molecular flexibility index (Phi) is 7.14. The van der Waals surface area contributed by atoms with Crippen molar-refractivity contribution in [1.82, 2.24) is 9.80 Å². The Balaban J connectivity index is 1.35. The van der Waals surface area contributed by atoms with Crippen LogP contribution in [0, 0.1) is 5.41 Å². The molecule has 144 valence electrons. The number of hydrogen-bond donors (Lipinski definition) is 1. The number of amides is 1. The van der Waals surface area contributed by atoms with Gasteiger partial charge in [0.2, 0.25) is 5.91 Å². The third kappa shape index (κ3) is 5.41. The molecule has 0 aromatic carbocycles. The van der Waals surface area contributed by atoms with Gasteiger partial charge in [-0.3, -0.25) is 4.79 Å². The van der Waals surface area contributed by atoms with E-state index in [1.54, 1.807) is 0 Å². The number of hydrogen-bond acceptors (Lipinski definition) is 4. The van der Waals surface area contributed by atoms with Gasteiger partial charge < -0.3 is 20.3 Å². The molecule has 5 nitrogen and oxygen atoms in total. The van der Waals surface area contributed by atoms with Crippen molar-refractivity contribution in [1.29, 1.82) is 0 Å². The summed E-state index contributed by atoms with van der Waals surface area (Å²) in [6.45, 7) is 6.75. The molecule has 2 saturated heterocycles. The first-order valence-electron chi connectivity index (χ1n) is 10.5. The molecule has 3 aliphatic rings. The largest absolute Gasteiger partial charge is 0.377 e. The maximum Gasteiger partial charge on any atom is 0.223 e. The lowest BCUT2D eigenvalue weighted by molar-refractivity contribution is -0.136. The quantitative estimate of drug-likeness (QED) is 0.765. The fraction of sp³-hybridized carbons (Fsp3) is 0.950. The van der Waals surface area contributed by atoms with Crippen LogP contribution in [0.15, 0.2) is 0 Å². The average molecular weight is 352 g/mol. The minimum atomic E-state index is 0.0818. The average Bonchev–Trinajstić information content (AvgIpc) is 3.16. The van der Waals surface area contributed by atoms with Crippen LogP contribution in [0.2, 0.25) is 0 Å². The molecule has 2 N–H and O–H groups in total. The standard InChI is InChI=1S/C20H37N3O2/c21-17-20(8-2-1-3-9-20)16-19(24)23-12-6-18(7-13-23)25-15-14-22-10-4-5-11-22/h18H,1-17,21H2. The first kappa shape index (κ1) is 19.1. The number of piperidine rings is 1. The number of carbonyl (C=O) groups excluding carboxylic acids is 1. The Morgan fingerprint density at radius 3 is 2.32 bits per heavy atom. The van der Waals surface area contributed by atoms with Crippen molar-refractivity contribution in [2.45, 2.75) is 70.3 Å². The zero-order valence-corrected chi connectivity index (χ0v) is 15.9.